The smallest absolute Gasteiger partial charge is 0.257 e. The Kier molecular flexibility index (Phi) is 4.84. The summed E-state index contributed by atoms with van der Waals surface area (Å²) in [4.78, 5) is 16.4. The van der Waals surface area contributed by atoms with Gasteiger partial charge in [0, 0.05) is 28.8 Å². The molecule has 0 spiro atoms. The zero-order valence-electron chi connectivity index (χ0n) is 13.4. The van der Waals surface area contributed by atoms with Crippen LogP contribution in [-0.2, 0) is 9.84 Å². The van der Waals surface area contributed by atoms with Crippen LogP contribution >= 0.6 is 11.3 Å². The number of amides is 1. The highest BCUT2D eigenvalue weighted by Crippen LogP contribution is 2.27. The molecule has 0 atom stereocenters. The molecular formula is C17H12F2N2O3S2. The zero-order valence-corrected chi connectivity index (χ0v) is 15.0. The maximum atomic E-state index is 13.8. The molecule has 0 bridgehead atoms. The second-order valence-corrected chi connectivity index (χ2v) is 8.29. The van der Waals surface area contributed by atoms with Crippen molar-refractivity contribution in [2.75, 3.05) is 11.6 Å². The molecule has 9 heteroatoms. The number of hydrogen-bond acceptors (Lipinski definition) is 5. The van der Waals surface area contributed by atoms with Crippen molar-refractivity contribution in [3.63, 3.8) is 0 Å². The van der Waals surface area contributed by atoms with Gasteiger partial charge in [0.05, 0.1) is 10.6 Å². The van der Waals surface area contributed by atoms with Crippen molar-refractivity contribution in [2.24, 2.45) is 0 Å². The lowest BCUT2D eigenvalue weighted by Gasteiger charge is -2.03. The summed E-state index contributed by atoms with van der Waals surface area (Å²) in [7, 11) is -3.34. The molecule has 1 N–H and O–H groups in total. The van der Waals surface area contributed by atoms with Crippen LogP contribution in [0.15, 0.2) is 52.7 Å². The first-order valence-corrected chi connectivity index (χ1v) is 10.0. The van der Waals surface area contributed by atoms with Gasteiger partial charge in [-0.3, -0.25) is 10.1 Å². The summed E-state index contributed by atoms with van der Waals surface area (Å²) in [6.45, 7) is 0. The Morgan fingerprint density at radius 3 is 2.42 bits per heavy atom. The summed E-state index contributed by atoms with van der Waals surface area (Å²) >= 11 is 1.09. The lowest BCUT2D eigenvalue weighted by Crippen LogP contribution is -2.12. The number of aromatic nitrogens is 1. The molecule has 26 heavy (non-hydrogen) atoms. The number of carbonyl (C=O) groups is 1. The monoisotopic (exact) mass is 394 g/mol. The minimum Gasteiger partial charge on any atom is -0.298 e. The number of benzene rings is 2. The first-order valence-electron chi connectivity index (χ1n) is 7.26. The molecule has 0 saturated carbocycles. The molecule has 134 valence electrons. The molecule has 1 heterocycles. The normalized spacial score (nSPS) is 11.3. The van der Waals surface area contributed by atoms with Gasteiger partial charge in [-0.05, 0) is 36.4 Å². The van der Waals surface area contributed by atoms with Crippen LogP contribution in [0.25, 0.3) is 11.3 Å². The van der Waals surface area contributed by atoms with E-state index in [2.05, 4.69) is 10.3 Å². The Morgan fingerprint density at radius 1 is 1.12 bits per heavy atom. The molecule has 0 aliphatic heterocycles. The van der Waals surface area contributed by atoms with E-state index in [1.807, 2.05) is 0 Å². The summed E-state index contributed by atoms with van der Waals surface area (Å²) in [5.41, 5.74) is 0.651. The quantitative estimate of drug-likeness (QED) is 0.731. The summed E-state index contributed by atoms with van der Waals surface area (Å²) in [5, 5.41) is 4.34. The van der Waals surface area contributed by atoms with Crippen molar-refractivity contribution < 1.29 is 22.0 Å². The Labute approximate surface area is 152 Å². The number of sulfone groups is 1. The second-order valence-electron chi connectivity index (χ2n) is 5.41. The van der Waals surface area contributed by atoms with Crippen LogP contribution in [0.4, 0.5) is 13.9 Å². The standard InChI is InChI=1S/C17H12F2N2O3S2/c1-26(23,24)12-5-2-10(3-6-12)16(22)21-17-20-15(9-25-17)13-7-4-11(18)8-14(13)19/h2-9H,1H3,(H,20,21,22). The van der Waals surface area contributed by atoms with Crippen molar-refractivity contribution >= 4 is 32.2 Å². The lowest BCUT2D eigenvalue weighted by atomic mass is 10.1. The van der Waals surface area contributed by atoms with Crippen molar-refractivity contribution in [3.05, 3.63) is 65.0 Å². The molecule has 2 aromatic carbocycles. The topological polar surface area (TPSA) is 76.1 Å². The first kappa shape index (κ1) is 18.2. The maximum absolute atomic E-state index is 13.8. The predicted octanol–water partition coefficient (Wildman–Crippen LogP) is 3.74. The van der Waals surface area contributed by atoms with Gasteiger partial charge >= 0.3 is 0 Å². The van der Waals surface area contributed by atoms with Crippen LogP contribution in [0.2, 0.25) is 0 Å². The Bertz CT molecular complexity index is 1080. The van der Waals surface area contributed by atoms with Gasteiger partial charge in [0.1, 0.15) is 11.6 Å². The molecule has 1 amide bonds. The largest absolute Gasteiger partial charge is 0.298 e. The highest BCUT2D eigenvalue weighted by molar-refractivity contribution is 7.90. The van der Waals surface area contributed by atoms with Crippen LogP contribution in [0.3, 0.4) is 0 Å². The van der Waals surface area contributed by atoms with Gasteiger partial charge < -0.3 is 0 Å². The van der Waals surface area contributed by atoms with Gasteiger partial charge in [0.2, 0.25) is 0 Å². The van der Waals surface area contributed by atoms with E-state index >= 15 is 0 Å². The number of halogens is 2. The molecule has 3 rings (SSSR count). The van der Waals surface area contributed by atoms with Gasteiger partial charge in [-0.15, -0.1) is 11.3 Å². The van der Waals surface area contributed by atoms with Crippen LogP contribution in [0, 0.1) is 11.6 Å². The molecule has 0 aliphatic rings. The van der Waals surface area contributed by atoms with Crippen molar-refractivity contribution in [1.29, 1.82) is 0 Å². The third kappa shape index (κ3) is 3.94. The highest BCUT2D eigenvalue weighted by Gasteiger charge is 2.14. The van der Waals surface area contributed by atoms with E-state index in [9.17, 15) is 22.0 Å². The van der Waals surface area contributed by atoms with Gasteiger partial charge in [0.15, 0.2) is 15.0 Å². The number of nitrogens with zero attached hydrogens (tertiary/aromatic N) is 1. The van der Waals surface area contributed by atoms with Gasteiger partial charge in [0.25, 0.3) is 5.91 Å². The summed E-state index contributed by atoms with van der Waals surface area (Å²) in [6.07, 6.45) is 1.08. The highest BCUT2D eigenvalue weighted by atomic mass is 32.2. The summed E-state index contributed by atoms with van der Waals surface area (Å²) in [6, 6.07) is 8.61. The van der Waals surface area contributed by atoms with Gasteiger partial charge in [-0.2, -0.15) is 0 Å². The second kappa shape index (κ2) is 6.93. The molecule has 3 aromatic rings. The minimum atomic E-state index is -3.34. The number of rotatable bonds is 4. The average Bonchev–Trinajstić information content (AvgIpc) is 3.02. The van der Waals surface area contributed by atoms with E-state index < -0.39 is 27.4 Å². The van der Waals surface area contributed by atoms with Crippen LogP contribution in [0.1, 0.15) is 10.4 Å². The van der Waals surface area contributed by atoms with Gasteiger partial charge in [-0.1, -0.05) is 0 Å². The van der Waals surface area contributed by atoms with Crippen LogP contribution in [-0.4, -0.2) is 25.6 Å². The molecule has 0 fully saturated rings. The van der Waals surface area contributed by atoms with Gasteiger partial charge in [-0.25, -0.2) is 22.2 Å². The van der Waals surface area contributed by atoms with E-state index in [1.54, 1.807) is 5.38 Å². The number of carbonyl (C=O) groups excluding carboxylic acids is 1. The number of hydrogen-bond donors (Lipinski definition) is 1. The van der Waals surface area contributed by atoms with Crippen LogP contribution in [0.5, 0.6) is 0 Å². The van der Waals surface area contributed by atoms with E-state index in [-0.39, 0.29) is 26.8 Å². The minimum absolute atomic E-state index is 0.109. The molecule has 0 saturated heterocycles. The van der Waals surface area contributed by atoms with Crippen molar-refractivity contribution in [2.45, 2.75) is 4.90 Å². The molecule has 0 radical (unpaired) electrons. The fourth-order valence-electron chi connectivity index (χ4n) is 2.17. The third-order valence-corrected chi connectivity index (χ3v) is 5.36. The SMILES string of the molecule is CS(=O)(=O)c1ccc(C(=O)Nc2nc(-c3ccc(F)cc3F)cs2)cc1. The Balaban J connectivity index is 1.77. The molecular weight excluding hydrogens is 382 g/mol. The van der Waals surface area contributed by atoms with Crippen LogP contribution < -0.4 is 5.32 Å². The molecule has 5 nitrogen and oxygen atoms in total. The average molecular weight is 394 g/mol. The Hall–Kier alpha value is -2.65. The number of anilines is 1. The van der Waals surface area contributed by atoms with E-state index in [4.69, 9.17) is 0 Å². The predicted molar refractivity (Wildman–Crippen MR) is 95.0 cm³/mol. The number of thiazole rings is 1. The van der Waals surface area contributed by atoms with E-state index in [0.29, 0.717) is 0 Å². The fraction of sp³-hybridized carbons (Fsp3) is 0.0588. The summed E-state index contributed by atoms with van der Waals surface area (Å²) < 4.78 is 49.6. The van der Waals surface area contributed by atoms with Crippen molar-refractivity contribution in [1.82, 2.24) is 4.98 Å². The third-order valence-electron chi connectivity index (χ3n) is 3.48. The molecule has 1 aromatic heterocycles. The zero-order chi connectivity index (χ0) is 18.9. The molecule has 0 unspecified atom stereocenters. The first-order chi connectivity index (χ1) is 12.2. The summed E-state index contributed by atoms with van der Waals surface area (Å²) in [5.74, 6) is -1.91. The lowest BCUT2D eigenvalue weighted by molar-refractivity contribution is 0.102. The Morgan fingerprint density at radius 2 is 1.81 bits per heavy atom. The van der Waals surface area contributed by atoms with E-state index in [1.165, 1.54) is 30.3 Å². The molecule has 0 aliphatic carbocycles. The van der Waals surface area contributed by atoms with E-state index in [0.717, 1.165) is 29.7 Å². The maximum Gasteiger partial charge on any atom is 0.257 e. The van der Waals surface area contributed by atoms with Crippen molar-refractivity contribution in [3.8, 4) is 11.3 Å². The fourth-order valence-corrected chi connectivity index (χ4v) is 3.51. The number of nitrogens with one attached hydrogen (secondary N) is 1.